The van der Waals surface area contributed by atoms with E-state index in [1.807, 2.05) is 0 Å². The van der Waals surface area contributed by atoms with Gasteiger partial charge in [0, 0.05) is 7.11 Å². The summed E-state index contributed by atoms with van der Waals surface area (Å²) in [4.78, 5) is 4.12. The van der Waals surface area contributed by atoms with E-state index in [1.165, 1.54) is 7.11 Å². The van der Waals surface area contributed by atoms with Crippen molar-refractivity contribution in [1.29, 1.82) is 0 Å². The Morgan fingerprint density at radius 2 is 2.14 bits per heavy atom. The topological polar surface area (TPSA) is 71.7 Å². The third-order valence-electron chi connectivity index (χ3n) is 2.44. The molecule has 9 heteroatoms. The Morgan fingerprint density at radius 3 is 2.67 bits per heavy atom. The summed E-state index contributed by atoms with van der Waals surface area (Å²) in [7, 11) is 1.51. The van der Waals surface area contributed by atoms with E-state index in [2.05, 4.69) is 15.7 Å². The van der Waals surface area contributed by atoms with Gasteiger partial charge in [-0.05, 0) is 25.1 Å². The van der Waals surface area contributed by atoms with Crippen LogP contribution < -0.4 is 16.6 Å². The molecular weight excluding hydrogens is 309 g/mol. The third kappa shape index (κ3) is 5.41. The number of benzene rings is 1. The Labute approximate surface area is 125 Å². The highest BCUT2D eigenvalue weighted by atomic mass is 35.5. The normalized spacial score (nSPS) is 14.0. The molecule has 0 fully saturated rings. The van der Waals surface area contributed by atoms with Crippen molar-refractivity contribution in [2.75, 3.05) is 19.0 Å². The molecule has 118 valence electrons. The number of methoxy groups -OCH3 is 1. The number of hydrogen-bond donors (Lipinski definition) is 3. The van der Waals surface area contributed by atoms with Crippen LogP contribution in [0.1, 0.15) is 12.5 Å². The molecule has 5 nitrogen and oxygen atoms in total. The quantitative estimate of drug-likeness (QED) is 0.344. The van der Waals surface area contributed by atoms with Crippen LogP contribution in [0.15, 0.2) is 23.2 Å². The minimum Gasteiger partial charge on any atom is -0.382 e. The zero-order valence-electron chi connectivity index (χ0n) is 11.5. The Kier molecular flexibility index (Phi) is 6.25. The van der Waals surface area contributed by atoms with Crippen LogP contribution in [0.2, 0.25) is 5.02 Å². The van der Waals surface area contributed by atoms with Gasteiger partial charge in [-0.25, -0.2) is 10.8 Å². The fourth-order valence-electron chi connectivity index (χ4n) is 1.53. The summed E-state index contributed by atoms with van der Waals surface area (Å²) in [5.41, 5.74) is 1.49. The molecule has 0 spiro atoms. The summed E-state index contributed by atoms with van der Waals surface area (Å²) >= 11 is 5.87. The molecule has 1 aromatic rings. The maximum Gasteiger partial charge on any atom is 0.416 e. The first-order valence-electron chi connectivity index (χ1n) is 5.95. The molecule has 0 aliphatic rings. The van der Waals surface area contributed by atoms with Gasteiger partial charge in [-0.15, -0.1) is 0 Å². The highest BCUT2D eigenvalue weighted by molar-refractivity contribution is 6.33. The summed E-state index contributed by atoms with van der Waals surface area (Å²) in [5.74, 6) is 5.37. The van der Waals surface area contributed by atoms with Gasteiger partial charge in [0.15, 0.2) is 0 Å². The fraction of sp³-hybridized carbons (Fsp3) is 0.417. The van der Waals surface area contributed by atoms with Crippen LogP contribution in [0, 0.1) is 0 Å². The highest BCUT2D eigenvalue weighted by Gasteiger charge is 2.31. The zero-order chi connectivity index (χ0) is 16.0. The number of hydrazine groups is 1. The number of halogens is 4. The van der Waals surface area contributed by atoms with Gasteiger partial charge in [-0.2, -0.15) is 13.2 Å². The summed E-state index contributed by atoms with van der Waals surface area (Å²) < 4.78 is 42.9. The smallest absolute Gasteiger partial charge is 0.382 e. The molecule has 21 heavy (non-hydrogen) atoms. The van der Waals surface area contributed by atoms with Crippen molar-refractivity contribution in [3.05, 3.63) is 28.8 Å². The number of rotatable bonds is 4. The van der Waals surface area contributed by atoms with Crippen molar-refractivity contribution in [1.82, 2.24) is 5.43 Å². The molecule has 0 saturated heterocycles. The van der Waals surface area contributed by atoms with Gasteiger partial charge in [0.1, 0.15) is 0 Å². The van der Waals surface area contributed by atoms with Crippen molar-refractivity contribution in [2.45, 2.75) is 19.1 Å². The molecule has 1 rings (SSSR count). The average Bonchev–Trinajstić information content (AvgIpc) is 2.39. The lowest BCUT2D eigenvalue weighted by Crippen LogP contribution is -2.37. The van der Waals surface area contributed by atoms with Gasteiger partial charge in [-0.3, -0.25) is 5.43 Å². The number of ether oxygens (including phenoxy) is 1. The summed E-state index contributed by atoms with van der Waals surface area (Å²) in [6, 6.07) is 2.70. The van der Waals surface area contributed by atoms with Crippen LogP contribution in [0.3, 0.4) is 0 Å². The number of nitrogens with one attached hydrogen (secondary N) is 2. The van der Waals surface area contributed by atoms with Crippen molar-refractivity contribution in [2.24, 2.45) is 10.8 Å². The SMILES string of the molecule is COCC(C)N=C(NN)Nc1cc(C(F)(F)F)ccc1Cl. The second-order valence-electron chi connectivity index (χ2n) is 4.24. The molecule has 1 aromatic carbocycles. The van der Waals surface area contributed by atoms with E-state index in [0.29, 0.717) is 6.61 Å². The number of aliphatic imine (C=N–C) groups is 1. The average molecular weight is 325 g/mol. The van der Waals surface area contributed by atoms with Crippen molar-refractivity contribution in [3.8, 4) is 0 Å². The molecule has 1 atom stereocenters. The van der Waals surface area contributed by atoms with Crippen molar-refractivity contribution in [3.63, 3.8) is 0 Å². The first kappa shape index (κ1) is 17.5. The maximum atomic E-state index is 12.7. The summed E-state index contributed by atoms with van der Waals surface area (Å²) in [5, 5.41) is 2.74. The molecular formula is C12H16ClF3N4O. The molecule has 0 saturated carbocycles. The predicted molar refractivity (Wildman–Crippen MR) is 76.2 cm³/mol. The number of nitrogens with zero attached hydrogens (tertiary/aromatic N) is 1. The Bertz CT molecular complexity index is 508. The number of anilines is 1. The lowest BCUT2D eigenvalue weighted by molar-refractivity contribution is -0.137. The van der Waals surface area contributed by atoms with Crippen molar-refractivity contribution < 1.29 is 17.9 Å². The number of nitrogens with two attached hydrogens (primary N) is 1. The molecule has 0 amide bonds. The fourth-order valence-corrected chi connectivity index (χ4v) is 1.69. The Balaban J connectivity index is 2.99. The molecule has 4 N–H and O–H groups in total. The molecule has 0 aliphatic carbocycles. The van der Waals surface area contributed by atoms with Gasteiger partial charge in [0.25, 0.3) is 0 Å². The molecule has 0 radical (unpaired) electrons. The van der Waals surface area contributed by atoms with Crippen LogP contribution in [-0.2, 0) is 10.9 Å². The van der Waals surface area contributed by atoms with Crippen molar-refractivity contribution >= 4 is 23.2 Å². The van der Waals surface area contributed by atoms with E-state index in [9.17, 15) is 13.2 Å². The lowest BCUT2D eigenvalue weighted by Gasteiger charge is -2.15. The van der Waals surface area contributed by atoms with Crippen LogP contribution in [-0.4, -0.2) is 25.7 Å². The van der Waals surface area contributed by atoms with Crippen LogP contribution in [0.25, 0.3) is 0 Å². The summed E-state index contributed by atoms with van der Waals surface area (Å²) in [6.45, 7) is 2.10. The van der Waals surface area contributed by atoms with Gasteiger partial charge < -0.3 is 10.1 Å². The molecule has 1 unspecified atom stereocenters. The lowest BCUT2D eigenvalue weighted by atomic mass is 10.2. The molecule has 0 bridgehead atoms. The van der Waals surface area contributed by atoms with Crippen LogP contribution in [0.5, 0.6) is 0 Å². The monoisotopic (exact) mass is 324 g/mol. The number of hydrogen-bond acceptors (Lipinski definition) is 3. The third-order valence-corrected chi connectivity index (χ3v) is 2.77. The maximum absolute atomic E-state index is 12.7. The van der Waals surface area contributed by atoms with Gasteiger partial charge in [0.2, 0.25) is 5.96 Å². The van der Waals surface area contributed by atoms with Crippen LogP contribution in [0.4, 0.5) is 18.9 Å². The minimum atomic E-state index is -4.46. The minimum absolute atomic E-state index is 0.0489. The number of alkyl halides is 3. The van der Waals surface area contributed by atoms with Gasteiger partial charge in [0.05, 0.1) is 28.9 Å². The van der Waals surface area contributed by atoms with Gasteiger partial charge >= 0.3 is 6.18 Å². The Hall–Kier alpha value is -1.51. The molecule has 0 aliphatic heterocycles. The second-order valence-corrected chi connectivity index (χ2v) is 4.65. The highest BCUT2D eigenvalue weighted by Crippen LogP contribution is 2.33. The van der Waals surface area contributed by atoms with E-state index < -0.39 is 11.7 Å². The second kappa shape index (κ2) is 7.48. The first-order valence-corrected chi connectivity index (χ1v) is 6.32. The number of guanidine groups is 1. The zero-order valence-corrected chi connectivity index (χ0v) is 12.2. The summed E-state index contributed by atoms with van der Waals surface area (Å²) in [6.07, 6.45) is -4.46. The molecule has 0 heterocycles. The first-order chi connectivity index (χ1) is 9.77. The largest absolute Gasteiger partial charge is 0.416 e. The van der Waals surface area contributed by atoms with E-state index in [4.69, 9.17) is 22.2 Å². The Morgan fingerprint density at radius 1 is 1.48 bits per heavy atom. The predicted octanol–water partition coefficient (Wildman–Crippen LogP) is 2.62. The van der Waals surface area contributed by atoms with Crippen LogP contribution >= 0.6 is 11.6 Å². The van der Waals surface area contributed by atoms with Gasteiger partial charge in [-0.1, -0.05) is 11.6 Å². The van der Waals surface area contributed by atoms with E-state index in [0.717, 1.165) is 18.2 Å². The van der Waals surface area contributed by atoms with E-state index in [-0.39, 0.29) is 22.7 Å². The molecule has 0 aromatic heterocycles. The van der Waals surface area contributed by atoms with E-state index >= 15 is 0 Å². The van der Waals surface area contributed by atoms with E-state index in [1.54, 1.807) is 6.92 Å². The standard InChI is InChI=1S/C12H16ClF3N4O/c1-7(6-21-2)18-11(20-17)19-10-5-8(12(14,15)16)3-4-9(10)13/h3-5,7H,6,17H2,1-2H3,(H2,18,19,20).